The molecule has 0 saturated carbocycles. The lowest BCUT2D eigenvalue weighted by molar-refractivity contribution is 0.149. The molecular formula is C7H2ClF2IN2O2S. The van der Waals surface area contributed by atoms with Gasteiger partial charge >= 0.3 is 0 Å². The Morgan fingerprint density at radius 3 is 2.50 bits per heavy atom. The van der Waals surface area contributed by atoms with Gasteiger partial charge in [-0.3, -0.25) is 0 Å². The lowest BCUT2D eigenvalue weighted by atomic mass is 10.2. The number of hydrogen-bond acceptors (Lipinski definition) is 4. The molecule has 1 aromatic rings. The predicted octanol–water partition coefficient (Wildman–Crippen LogP) is 2.42. The minimum atomic E-state index is -4.27. The van der Waals surface area contributed by atoms with Crippen molar-refractivity contribution in [1.82, 2.24) is 4.98 Å². The van der Waals surface area contributed by atoms with Crippen LogP contribution in [-0.2, 0) is 9.05 Å². The van der Waals surface area contributed by atoms with Crippen LogP contribution in [0, 0.1) is 15.0 Å². The van der Waals surface area contributed by atoms with Gasteiger partial charge in [0.25, 0.3) is 15.5 Å². The highest BCUT2D eigenvalue weighted by molar-refractivity contribution is 14.1. The fourth-order valence-electron chi connectivity index (χ4n) is 0.906. The Kier molecular flexibility index (Phi) is 4.03. The van der Waals surface area contributed by atoms with Crippen LogP contribution in [0.25, 0.3) is 0 Å². The van der Waals surface area contributed by atoms with E-state index >= 15 is 0 Å². The van der Waals surface area contributed by atoms with E-state index in [4.69, 9.17) is 15.9 Å². The quantitative estimate of drug-likeness (QED) is 0.450. The molecule has 0 aromatic carbocycles. The van der Waals surface area contributed by atoms with Gasteiger partial charge in [0, 0.05) is 10.7 Å². The maximum absolute atomic E-state index is 12.5. The van der Waals surface area contributed by atoms with E-state index < -0.39 is 31.6 Å². The minimum Gasteiger partial charge on any atom is -0.229 e. The summed E-state index contributed by atoms with van der Waals surface area (Å²) in [6.07, 6.45) is -2.88. The van der Waals surface area contributed by atoms with Crippen LogP contribution in [0.15, 0.2) is 11.0 Å². The van der Waals surface area contributed by atoms with E-state index in [9.17, 15) is 17.2 Å². The molecule has 0 saturated heterocycles. The first-order valence-corrected chi connectivity index (χ1v) is 6.99. The number of aromatic nitrogens is 1. The summed E-state index contributed by atoms with van der Waals surface area (Å²) in [6.45, 7) is 0. The van der Waals surface area contributed by atoms with Gasteiger partial charge in [0.15, 0.2) is 5.69 Å². The Morgan fingerprint density at radius 1 is 1.56 bits per heavy atom. The van der Waals surface area contributed by atoms with Crippen LogP contribution >= 0.6 is 33.3 Å². The second kappa shape index (κ2) is 4.77. The molecule has 0 aliphatic carbocycles. The topological polar surface area (TPSA) is 70.8 Å². The van der Waals surface area contributed by atoms with E-state index in [2.05, 4.69) is 4.98 Å². The van der Waals surface area contributed by atoms with Gasteiger partial charge in [-0.25, -0.2) is 22.2 Å². The highest BCUT2D eigenvalue weighted by Gasteiger charge is 2.23. The molecule has 0 aliphatic heterocycles. The van der Waals surface area contributed by atoms with Crippen molar-refractivity contribution in [2.24, 2.45) is 0 Å². The van der Waals surface area contributed by atoms with Gasteiger partial charge in [0.2, 0.25) is 0 Å². The average molecular weight is 379 g/mol. The number of nitriles is 1. The first kappa shape index (κ1) is 13.5. The zero-order chi connectivity index (χ0) is 12.5. The standard InChI is InChI=1S/C7H2ClF2IN2O2S/c8-16(14,15)5-1-3(6(9)10)7(11)13-4(5)2-12/h1,6H. The summed E-state index contributed by atoms with van der Waals surface area (Å²) < 4.78 is 46.9. The van der Waals surface area contributed by atoms with Crippen LogP contribution in [0.4, 0.5) is 8.78 Å². The van der Waals surface area contributed by atoms with Crippen molar-refractivity contribution in [3.8, 4) is 6.07 Å². The normalized spacial score (nSPS) is 11.5. The van der Waals surface area contributed by atoms with Crippen LogP contribution < -0.4 is 0 Å². The summed E-state index contributed by atoms with van der Waals surface area (Å²) in [4.78, 5) is 2.76. The third kappa shape index (κ3) is 2.78. The number of alkyl halides is 2. The molecule has 9 heteroatoms. The van der Waals surface area contributed by atoms with Crippen molar-refractivity contribution in [2.75, 3.05) is 0 Å². The zero-order valence-corrected chi connectivity index (χ0v) is 11.0. The second-order valence-electron chi connectivity index (χ2n) is 2.57. The SMILES string of the molecule is N#Cc1nc(I)c(C(F)F)cc1S(=O)(=O)Cl. The molecule has 0 atom stereocenters. The molecule has 0 unspecified atom stereocenters. The monoisotopic (exact) mass is 378 g/mol. The number of pyridine rings is 1. The third-order valence-electron chi connectivity index (χ3n) is 1.57. The van der Waals surface area contributed by atoms with Crippen LogP contribution in [-0.4, -0.2) is 13.4 Å². The lowest BCUT2D eigenvalue weighted by Gasteiger charge is -2.05. The van der Waals surface area contributed by atoms with Gasteiger partial charge in [-0.05, 0) is 28.7 Å². The number of rotatable bonds is 2. The van der Waals surface area contributed by atoms with Crippen molar-refractivity contribution in [1.29, 1.82) is 5.26 Å². The van der Waals surface area contributed by atoms with E-state index in [-0.39, 0.29) is 3.70 Å². The number of nitrogens with zero attached hydrogens (tertiary/aromatic N) is 2. The van der Waals surface area contributed by atoms with E-state index in [0.717, 1.165) is 0 Å². The molecule has 16 heavy (non-hydrogen) atoms. The number of hydrogen-bond donors (Lipinski definition) is 0. The first-order chi connectivity index (χ1) is 7.27. The van der Waals surface area contributed by atoms with Crippen LogP contribution in [0.1, 0.15) is 17.7 Å². The molecule has 1 heterocycles. The van der Waals surface area contributed by atoms with Crippen LogP contribution in [0.2, 0.25) is 0 Å². The van der Waals surface area contributed by atoms with Gasteiger partial charge < -0.3 is 0 Å². The van der Waals surface area contributed by atoms with Crippen molar-refractivity contribution >= 4 is 42.3 Å². The van der Waals surface area contributed by atoms with Crippen molar-refractivity contribution in [2.45, 2.75) is 11.3 Å². The molecule has 86 valence electrons. The molecule has 1 aromatic heterocycles. The van der Waals surface area contributed by atoms with E-state index in [1.54, 1.807) is 0 Å². The summed E-state index contributed by atoms with van der Waals surface area (Å²) in [5, 5.41) is 8.61. The van der Waals surface area contributed by atoms with Gasteiger partial charge in [-0.1, -0.05) is 0 Å². The second-order valence-corrected chi connectivity index (χ2v) is 6.12. The maximum atomic E-state index is 12.5. The molecule has 0 N–H and O–H groups in total. The van der Waals surface area contributed by atoms with E-state index in [1.165, 1.54) is 28.7 Å². The highest BCUT2D eigenvalue weighted by Crippen LogP contribution is 2.28. The van der Waals surface area contributed by atoms with E-state index in [1.807, 2.05) is 0 Å². The summed E-state index contributed by atoms with van der Waals surface area (Å²) in [5.74, 6) is 0. The van der Waals surface area contributed by atoms with Gasteiger partial charge in [0.05, 0.1) is 5.56 Å². The van der Waals surface area contributed by atoms with Gasteiger partial charge in [-0.2, -0.15) is 5.26 Å². The summed E-state index contributed by atoms with van der Waals surface area (Å²) in [7, 11) is 0.737. The Morgan fingerprint density at radius 2 is 2.12 bits per heavy atom. The Hall–Kier alpha value is -0.530. The van der Waals surface area contributed by atoms with Crippen molar-refractivity contribution < 1.29 is 17.2 Å². The molecule has 0 bridgehead atoms. The van der Waals surface area contributed by atoms with Gasteiger partial charge in [-0.15, -0.1) is 0 Å². The van der Waals surface area contributed by atoms with Gasteiger partial charge in [0.1, 0.15) is 14.7 Å². The predicted molar refractivity (Wildman–Crippen MR) is 59.7 cm³/mol. The zero-order valence-electron chi connectivity index (χ0n) is 7.29. The maximum Gasteiger partial charge on any atom is 0.266 e. The Labute approximate surface area is 108 Å². The highest BCUT2D eigenvalue weighted by atomic mass is 127. The summed E-state index contributed by atoms with van der Waals surface area (Å²) >= 11 is 1.49. The largest absolute Gasteiger partial charge is 0.266 e. The molecule has 0 amide bonds. The fourth-order valence-corrected chi connectivity index (χ4v) is 2.48. The molecule has 4 nitrogen and oxygen atoms in total. The van der Waals surface area contributed by atoms with E-state index in [0.29, 0.717) is 6.07 Å². The molecular weight excluding hydrogens is 377 g/mol. The molecule has 0 radical (unpaired) electrons. The summed E-state index contributed by atoms with van der Waals surface area (Å²) in [6, 6.07) is 2.15. The van der Waals surface area contributed by atoms with Crippen molar-refractivity contribution in [3.05, 3.63) is 21.0 Å². The van der Waals surface area contributed by atoms with Crippen LogP contribution in [0.5, 0.6) is 0 Å². The molecule has 0 spiro atoms. The molecule has 1 rings (SSSR count). The third-order valence-corrected chi connectivity index (χ3v) is 3.77. The Balaban J connectivity index is 3.62. The minimum absolute atomic E-state index is 0.131. The number of halogens is 4. The first-order valence-electron chi connectivity index (χ1n) is 3.60. The lowest BCUT2D eigenvalue weighted by Crippen LogP contribution is -2.04. The van der Waals surface area contributed by atoms with Crippen LogP contribution in [0.3, 0.4) is 0 Å². The smallest absolute Gasteiger partial charge is 0.229 e. The molecule has 0 fully saturated rings. The van der Waals surface area contributed by atoms with Crippen molar-refractivity contribution in [3.63, 3.8) is 0 Å². The summed E-state index contributed by atoms with van der Waals surface area (Å²) in [5.41, 5.74) is -1.07. The molecule has 0 aliphatic rings. The average Bonchev–Trinajstić information content (AvgIpc) is 2.14. The fraction of sp³-hybridized carbons (Fsp3) is 0.143. The Bertz CT molecular complexity index is 570.